The summed E-state index contributed by atoms with van der Waals surface area (Å²) in [7, 11) is 0. The van der Waals surface area contributed by atoms with Crippen LogP contribution in [0.3, 0.4) is 0 Å². The van der Waals surface area contributed by atoms with Gasteiger partial charge in [-0.1, -0.05) is 54.1 Å². The van der Waals surface area contributed by atoms with Gasteiger partial charge in [0.1, 0.15) is 0 Å². The molecular formula is C28H31N3O3. The summed E-state index contributed by atoms with van der Waals surface area (Å²) in [6.07, 6.45) is 1.83. The van der Waals surface area contributed by atoms with Crippen molar-refractivity contribution in [3.63, 3.8) is 0 Å². The standard InChI is InChI=1S/C28H31N3O3/c1-19-5-4-8-23(15-19)26(31-11-13-34-14-12-31)18-29-28(33)24-16-21-6-2-3-7-22(21)17-25(24)30-27(32)20-9-10-20/h2-8,15-17,20,26H,9-14,18H2,1H3,(H,29,33)(H,30,32). The van der Waals surface area contributed by atoms with E-state index in [1.165, 1.54) is 11.1 Å². The molecule has 1 saturated carbocycles. The summed E-state index contributed by atoms with van der Waals surface area (Å²) >= 11 is 0. The number of fused-ring (bicyclic) bond motifs is 1. The molecule has 1 aliphatic carbocycles. The van der Waals surface area contributed by atoms with E-state index in [0.29, 0.717) is 31.0 Å². The fraction of sp³-hybridized carbons (Fsp3) is 0.357. The number of benzene rings is 3. The average molecular weight is 458 g/mol. The Kier molecular flexibility index (Phi) is 6.61. The molecule has 1 unspecified atom stereocenters. The number of rotatable bonds is 7. The van der Waals surface area contributed by atoms with Crippen LogP contribution in [0.2, 0.25) is 0 Å². The van der Waals surface area contributed by atoms with Crippen LogP contribution in [0, 0.1) is 12.8 Å². The third kappa shape index (κ3) is 5.13. The number of morpholine rings is 1. The van der Waals surface area contributed by atoms with Gasteiger partial charge in [-0.25, -0.2) is 0 Å². The van der Waals surface area contributed by atoms with Crippen molar-refractivity contribution >= 4 is 28.3 Å². The molecule has 0 radical (unpaired) electrons. The van der Waals surface area contributed by atoms with Crippen LogP contribution in [0.25, 0.3) is 10.8 Å². The summed E-state index contributed by atoms with van der Waals surface area (Å²) in [4.78, 5) is 28.3. The van der Waals surface area contributed by atoms with Crippen molar-refractivity contribution in [2.45, 2.75) is 25.8 Å². The minimum Gasteiger partial charge on any atom is -0.379 e. The first-order chi connectivity index (χ1) is 16.6. The third-order valence-electron chi connectivity index (χ3n) is 6.71. The van der Waals surface area contributed by atoms with Crippen molar-refractivity contribution in [1.29, 1.82) is 0 Å². The third-order valence-corrected chi connectivity index (χ3v) is 6.71. The molecule has 2 aliphatic rings. The van der Waals surface area contributed by atoms with Crippen LogP contribution in [0.15, 0.2) is 60.7 Å². The molecule has 3 aromatic rings. The Morgan fingerprint density at radius 3 is 2.44 bits per heavy atom. The maximum atomic E-state index is 13.5. The quantitative estimate of drug-likeness (QED) is 0.555. The number of anilines is 1. The first-order valence-electron chi connectivity index (χ1n) is 12.1. The van der Waals surface area contributed by atoms with Gasteiger partial charge in [0.25, 0.3) is 5.91 Å². The minimum absolute atomic E-state index is 0.00437. The Bertz CT molecular complexity index is 1200. The van der Waals surface area contributed by atoms with Crippen molar-refractivity contribution in [3.05, 3.63) is 77.4 Å². The highest BCUT2D eigenvalue weighted by Gasteiger charge is 2.30. The van der Waals surface area contributed by atoms with E-state index in [-0.39, 0.29) is 23.8 Å². The van der Waals surface area contributed by atoms with Gasteiger partial charge in [0.2, 0.25) is 5.91 Å². The fourth-order valence-electron chi connectivity index (χ4n) is 4.62. The molecule has 0 bridgehead atoms. The van der Waals surface area contributed by atoms with Crippen LogP contribution >= 0.6 is 0 Å². The van der Waals surface area contributed by atoms with E-state index in [4.69, 9.17) is 4.74 Å². The molecule has 6 heteroatoms. The maximum Gasteiger partial charge on any atom is 0.253 e. The number of aryl methyl sites for hydroxylation is 1. The molecule has 2 N–H and O–H groups in total. The molecular weight excluding hydrogens is 426 g/mol. The molecule has 1 aliphatic heterocycles. The van der Waals surface area contributed by atoms with E-state index in [1.54, 1.807) is 0 Å². The van der Waals surface area contributed by atoms with Crippen LogP contribution < -0.4 is 10.6 Å². The van der Waals surface area contributed by atoms with Gasteiger partial charge in [-0.2, -0.15) is 0 Å². The van der Waals surface area contributed by atoms with Gasteiger partial charge in [0.15, 0.2) is 0 Å². The second-order valence-electron chi connectivity index (χ2n) is 9.30. The van der Waals surface area contributed by atoms with Crippen molar-refractivity contribution in [2.24, 2.45) is 5.92 Å². The second kappa shape index (κ2) is 9.95. The normalized spacial score (nSPS) is 17.3. The number of nitrogens with one attached hydrogen (secondary N) is 2. The first kappa shape index (κ1) is 22.6. The number of amides is 2. The van der Waals surface area contributed by atoms with Gasteiger partial charge >= 0.3 is 0 Å². The summed E-state index contributed by atoms with van der Waals surface area (Å²) in [5, 5.41) is 8.14. The summed E-state index contributed by atoms with van der Waals surface area (Å²) in [5.41, 5.74) is 3.45. The SMILES string of the molecule is Cc1cccc(C(CNC(=O)c2cc3ccccc3cc2NC(=O)C2CC2)N2CCOCC2)c1. The number of carbonyl (C=O) groups excluding carboxylic acids is 2. The molecule has 1 atom stereocenters. The average Bonchev–Trinajstić information content (AvgIpc) is 3.70. The van der Waals surface area contributed by atoms with E-state index in [1.807, 2.05) is 36.4 Å². The highest BCUT2D eigenvalue weighted by Crippen LogP contribution is 2.32. The first-order valence-corrected chi connectivity index (χ1v) is 12.1. The summed E-state index contributed by atoms with van der Waals surface area (Å²) < 4.78 is 5.55. The topological polar surface area (TPSA) is 70.7 Å². The van der Waals surface area contributed by atoms with E-state index >= 15 is 0 Å². The second-order valence-corrected chi connectivity index (χ2v) is 9.30. The monoisotopic (exact) mass is 457 g/mol. The summed E-state index contributed by atoms with van der Waals surface area (Å²) in [6, 6.07) is 20.2. The Labute approximate surface area is 200 Å². The molecule has 3 aromatic carbocycles. The van der Waals surface area contributed by atoms with Gasteiger partial charge in [-0.15, -0.1) is 0 Å². The number of nitrogens with zero attached hydrogens (tertiary/aromatic N) is 1. The number of ether oxygens (including phenoxy) is 1. The van der Waals surface area contributed by atoms with Gasteiger partial charge in [0.05, 0.1) is 30.5 Å². The lowest BCUT2D eigenvalue weighted by Crippen LogP contribution is -2.44. The van der Waals surface area contributed by atoms with Crippen molar-refractivity contribution in [2.75, 3.05) is 38.2 Å². The largest absolute Gasteiger partial charge is 0.379 e. The predicted molar refractivity (Wildman–Crippen MR) is 134 cm³/mol. The zero-order chi connectivity index (χ0) is 23.5. The number of hydrogen-bond donors (Lipinski definition) is 2. The molecule has 1 heterocycles. The van der Waals surface area contributed by atoms with Crippen molar-refractivity contribution in [3.8, 4) is 0 Å². The van der Waals surface area contributed by atoms with Crippen molar-refractivity contribution < 1.29 is 14.3 Å². The Hall–Kier alpha value is -3.22. The van der Waals surface area contributed by atoms with E-state index in [0.717, 1.165) is 36.7 Å². The van der Waals surface area contributed by atoms with Gasteiger partial charge in [0, 0.05) is 25.6 Å². The molecule has 0 spiro atoms. The molecule has 5 rings (SSSR count). The highest BCUT2D eigenvalue weighted by molar-refractivity contribution is 6.08. The molecule has 2 amide bonds. The lowest BCUT2D eigenvalue weighted by Gasteiger charge is -2.35. The lowest BCUT2D eigenvalue weighted by molar-refractivity contribution is -0.117. The van der Waals surface area contributed by atoms with Crippen LogP contribution in [0.1, 0.15) is 40.4 Å². The number of carbonyl (C=O) groups is 2. The maximum absolute atomic E-state index is 13.5. The zero-order valence-corrected chi connectivity index (χ0v) is 19.5. The lowest BCUT2D eigenvalue weighted by atomic mass is 10.0. The van der Waals surface area contributed by atoms with Crippen molar-refractivity contribution in [1.82, 2.24) is 10.2 Å². The molecule has 6 nitrogen and oxygen atoms in total. The predicted octanol–water partition coefficient (Wildman–Crippen LogP) is 4.30. The Balaban J connectivity index is 1.40. The number of hydrogen-bond acceptors (Lipinski definition) is 4. The molecule has 2 fully saturated rings. The van der Waals surface area contributed by atoms with Gasteiger partial charge in [-0.05, 0) is 48.2 Å². The van der Waals surface area contributed by atoms with E-state index in [9.17, 15) is 9.59 Å². The Morgan fingerprint density at radius 2 is 1.74 bits per heavy atom. The highest BCUT2D eigenvalue weighted by atomic mass is 16.5. The van der Waals surface area contributed by atoms with Crippen LogP contribution in [0.5, 0.6) is 0 Å². The molecule has 176 valence electrons. The molecule has 0 aromatic heterocycles. The van der Waals surface area contributed by atoms with Crippen LogP contribution in [0.4, 0.5) is 5.69 Å². The van der Waals surface area contributed by atoms with E-state index in [2.05, 4.69) is 46.7 Å². The van der Waals surface area contributed by atoms with Crippen LogP contribution in [-0.4, -0.2) is 49.6 Å². The van der Waals surface area contributed by atoms with E-state index < -0.39 is 0 Å². The molecule has 1 saturated heterocycles. The van der Waals surface area contributed by atoms with Gasteiger partial charge < -0.3 is 15.4 Å². The summed E-state index contributed by atoms with van der Waals surface area (Å²) in [5.74, 6) is -0.118. The Morgan fingerprint density at radius 1 is 1.00 bits per heavy atom. The molecule has 34 heavy (non-hydrogen) atoms. The fourth-order valence-corrected chi connectivity index (χ4v) is 4.62. The minimum atomic E-state index is -0.178. The smallest absolute Gasteiger partial charge is 0.253 e. The van der Waals surface area contributed by atoms with Gasteiger partial charge in [-0.3, -0.25) is 14.5 Å². The zero-order valence-electron chi connectivity index (χ0n) is 19.5. The summed E-state index contributed by atoms with van der Waals surface area (Å²) in [6.45, 7) is 5.60. The van der Waals surface area contributed by atoms with Crippen LogP contribution in [-0.2, 0) is 9.53 Å².